The van der Waals surface area contributed by atoms with E-state index in [1.807, 2.05) is 6.92 Å². The lowest BCUT2D eigenvalue weighted by molar-refractivity contribution is 0.112. The molecule has 3 nitrogen and oxygen atoms in total. The molecular weight excluding hydrogens is 190 g/mol. The molecule has 0 spiro atoms. The van der Waals surface area contributed by atoms with E-state index in [2.05, 4.69) is 11.8 Å². The maximum Gasteiger partial charge on any atom is 0.153 e. The van der Waals surface area contributed by atoms with Crippen molar-refractivity contribution in [2.45, 2.75) is 6.92 Å². The van der Waals surface area contributed by atoms with E-state index in [0.717, 1.165) is 0 Å². The zero-order valence-corrected chi connectivity index (χ0v) is 8.28. The number of hydrogen-bond acceptors (Lipinski definition) is 3. The molecule has 0 N–H and O–H groups in total. The van der Waals surface area contributed by atoms with Gasteiger partial charge in [0, 0.05) is 11.5 Å². The quantitative estimate of drug-likeness (QED) is 0.550. The third-order valence-corrected chi connectivity index (χ3v) is 1.70. The zero-order chi connectivity index (χ0) is 11.1. The molecule has 0 fully saturated rings. The van der Waals surface area contributed by atoms with Gasteiger partial charge in [0.1, 0.15) is 5.75 Å². The lowest BCUT2D eigenvalue weighted by Crippen LogP contribution is -1.96. The first kappa shape index (κ1) is 10.8. The fourth-order valence-electron chi connectivity index (χ4n) is 1.11. The van der Waals surface area contributed by atoms with Gasteiger partial charge >= 0.3 is 0 Å². The maximum absolute atomic E-state index is 10.7. The van der Waals surface area contributed by atoms with Crippen molar-refractivity contribution in [2.75, 3.05) is 6.61 Å². The minimum atomic E-state index is 0.446. The number of hydrogen-bond donors (Lipinski definition) is 0. The minimum Gasteiger partial charge on any atom is -0.493 e. The third-order valence-electron chi connectivity index (χ3n) is 1.70. The van der Waals surface area contributed by atoms with Crippen molar-refractivity contribution in [1.29, 1.82) is 5.26 Å². The second kappa shape index (κ2) is 5.47. The molecular formula is C12H9NO2. The van der Waals surface area contributed by atoms with Gasteiger partial charge in [-0.2, -0.15) is 5.26 Å². The predicted octanol–water partition coefficient (Wildman–Crippen LogP) is 1.77. The molecule has 0 aliphatic carbocycles. The van der Waals surface area contributed by atoms with Gasteiger partial charge in [0.15, 0.2) is 12.4 Å². The molecule has 15 heavy (non-hydrogen) atoms. The summed E-state index contributed by atoms with van der Waals surface area (Å²) in [5.41, 5.74) is 1.07. The van der Waals surface area contributed by atoms with Crippen LogP contribution in [0.2, 0.25) is 0 Å². The molecule has 0 unspecified atom stereocenters. The van der Waals surface area contributed by atoms with Crippen molar-refractivity contribution in [3.05, 3.63) is 29.3 Å². The van der Waals surface area contributed by atoms with E-state index < -0.39 is 0 Å². The van der Waals surface area contributed by atoms with Crippen LogP contribution in [0.15, 0.2) is 18.2 Å². The molecule has 1 aromatic carbocycles. The highest BCUT2D eigenvalue weighted by atomic mass is 16.5. The topological polar surface area (TPSA) is 50.1 Å². The van der Waals surface area contributed by atoms with Crippen molar-refractivity contribution in [1.82, 2.24) is 0 Å². The van der Waals surface area contributed by atoms with E-state index in [1.165, 1.54) is 0 Å². The Labute approximate surface area is 88.3 Å². The van der Waals surface area contributed by atoms with Gasteiger partial charge in [-0.3, -0.25) is 4.79 Å². The van der Waals surface area contributed by atoms with Gasteiger partial charge in [-0.05, 0) is 25.1 Å². The van der Waals surface area contributed by atoms with Gasteiger partial charge in [-0.1, -0.05) is 5.92 Å². The first-order valence-corrected chi connectivity index (χ1v) is 4.44. The highest BCUT2D eigenvalue weighted by molar-refractivity contribution is 5.80. The van der Waals surface area contributed by atoms with E-state index in [9.17, 15) is 4.79 Å². The standard InChI is InChI=1S/C12H9NO2/c1-2-15-12-6-5-10(4-3-7-13)8-11(12)9-14/h5-6,8-9H,2H2,1H3. The number of carbonyl (C=O) groups is 1. The van der Waals surface area contributed by atoms with Crippen molar-refractivity contribution < 1.29 is 9.53 Å². The summed E-state index contributed by atoms with van der Waals surface area (Å²) in [5.74, 6) is 5.42. The Morgan fingerprint density at radius 1 is 1.53 bits per heavy atom. The summed E-state index contributed by atoms with van der Waals surface area (Å²) >= 11 is 0. The van der Waals surface area contributed by atoms with Gasteiger partial charge in [-0.25, -0.2) is 0 Å². The summed E-state index contributed by atoms with van der Waals surface area (Å²) in [6.07, 6.45) is 0.711. The van der Waals surface area contributed by atoms with Crippen molar-refractivity contribution in [3.63, 3.8) is 0 Å². The molecule has 0 saturated carbocycles. The van der Waals surface area contributed by atoms with Gasteiger partial charge in [-0.15, -0.1) is 0 Å². The number of benzene rings is 1. The van der Waals surface area contributed by atoms with E-state index in [0.29, 0.717) is 29.8 Å². The third kappa shape index (κ3) is 2.86. The largest absolute Gasteiger partial charge is 0.493 e. The number of ether oxygens (including phenoxy) is 1. The fraction of sp³-hybridized carbons (Fsp3) is 0.167. The molecule has 0 amide bonds. The Kier molecular flexibility index (Phi) is 3.94. The number of nitrogens with zero attached hydrogens (tertiary/aromatic N) is 1. The fourth-order valence-corrected chi connectivity index (χ4v) is 1.11. The Morgan fingerprint density at radius 3 is 2.93 bits per heavy atom. The summed E-state index contributed by atoms with van der Waals surface area (Å²) in [4.78, 5) is 10.7. The van der Waals surface area contributed by atoms with E-state index in [1.54, 1.807) is 24.3 Å². The van der Waals surface area contributed by atoms with Crippen LogP contribution in [0.25, 0.3) is 0 Å². The van der Waals surface area contributed by atoms with Crippen LogP contribution in [0.5, 0.6) is 5.75 Å². The van der Waals surface area contributed by atoms with Crippen LogP contribution in [-0.4, -0.2) is 12.9 Å². The Hall–Kier alpha value is -2.26. The van der Waals surface area contributed by atoms with E-state index in [4.69, 9.17) is 10.00 Å². The predicted molar refractivity (Wildman–Crippen MR) is 55.5 cm³/mol. The Bertz CT molecular complexity index is 461. The van der Waals surface area contributed by atoms with Crippen LogP contribution in [0.1, 0.15) is 22.8 Å². The average Bonchev–Trinajstić information content (AvgIpc) is 2.28. The molecule has 0 aliphatic heterocycles. The monoisotopic (exact) mass is 199 g/mol. The normalized spacial score (nSPS) is 8.27. The van der Waals surface area contributed by atoms with Crippen LogP contribution in [0, 0.1) is 23.2 Å². The molecule has 74 valence electrons. The molecule has 0 aliphatic rings. The molecule has 3 heteroatoms. The van der Waals surface area contributed by atoms with E-state index in [-0.39, 0.29) is 0 Å². The second-order valence-electron chi connectivity index (χ2n) is 2.67. The van der Waals surface area contributed by atoms with Gasteiger partial charge < -0.3 is 4.74 Å². The van der Waals surface area contributed by atoms with Crippen molar-refractivity contribution in [2.24, 2.45) is 0 Å². The number of rotatable bonds is 3. The van der Waals surface area contributed by atoms with Crippen LogP contribution >= 0.6 is 0 Å². The van der Waals surface area contributed by atoms with Crippen molar-refractivity contribution >= 4 is 6.29 Å². The summed E-state index contributed by atoms with van der Waals surface area (Å²) in [6, 6.07) is 6.70. The summed E-state index contributed by atoms with van der Waals surface area (Å²) in [7, 11) is 0. The first-order valence-electron chi connectivity index (χ1n) is 4.44. The summed E-state index contributed by atoms with van der Waals surface area (Å²) in [6.45, 7) is 2.35. The molecule has 0 aromatic heterocycles. The van der Waals surface area contributed by atoms with Crippen LogP contribution in [0.3, 0.4) is 0 Å². The Morgan fingerprint density at radius 2 is 2.33 bits per heavy atom. The maximum atomic E-state index is 10.7. The van der Waals surface area contributed by atoms with Crippen LogP contribution in [-0.2, 0) is 0 Å². The highest BCUT2D eigenvalue weighted by Crippen LogP contribution is 2.17. The second-order valence-corrected chi connectivity index (χ2v) is 2.67. The lowest BCUT2D eigenvalue weighted by atomic mass is 10.1. The Balaban J connectivity index is 3.08. The number of aldehydes is 1. The van der Waals surface area contributed by atoms with E-state index >= 15 is 0 Å². The average molecular weight is 199 g/mol. The molecule has 0 atom stereocenters. The highest BCUT2D eigenvalue weighted by Gasteiger charge is 2.02. The molecule has 1 aromatic rings. The number of carbonyl (C=O) groups excluding carboxylic acids is 1. The molecule has 0 bridgehead atoms. The molecule has 0 radical (unpaired) electrons. The van der Waals surface area contributed by atoms with Gasteiger partial charge in [0.2, 0.25) is 0 Å². The smallest absolute Gasteiger partial charge is 0.153 e. The first-order chi connectivity index (χ1) is 7.31. The van der Waals surface area contributed by atoms with Crippen molar-refractivity contribution in [3.8, 4) is 23.7 Å². The molecule has 0 heterocycles. The summed E-state index contributed by atoms with van der Waals surface area (Å²) in [5, 5.41) is 8.28. The van der Waals surface area contributed by atoms with Gasteiger partial charge in [0.05, 0.1) is 12.2 Å². The zero-order valence-electron chi connectivity index (χ0n) is 8.28. The number of nitriles is 1. The SMILES string of the molecule is CCOc1ccc(C#CC#N)cc1C=O. The van der Waals surface area contributed by atoms with Crippen LogP contribution < -0.4 is 4.74 Å². The summed E-state index contributed by atoms with van der Waals surface area (Å²) < 4.78 is 5.24. The molecule has 0 saturated heterocycles. The van der Waals surface area contributed by atoms with Crippen LogP contribution in [0.4, 0.5) is 0 Å². The van der Waals surface area contributed by atoms with Gasteiger partial charge in [0.25, 0.3) is 0 Å². The minimum absolute atomic E-state index is 0.446. The lowest BCUT2D eigenvalue weighted by Gasteiger charge is -2.05. The molecule has 1 rings (SSSR count).